The van der Waals surface area contributed by atoms with Crippen LogP contribution in [0.15, 0.2) is 24.3 Å². The van der Waals surface area contributed by atoms with Gasteiger partial charge in [-0.2, -0.15) is 0 Å². The first-order chi connectivity index (χ1) is 8.59. The number of hydrogen-bond acceptors (Lipinski definition) is 2. The van der Waals surface area contributed by atoms with Crippen molar-refractivity contribution in [3.63, 3.8) is 0 Å². The lowest BCUT2D eigenvalue weighted by Crippen LogP contribution is -2.43. The standard InChI is InChI=1S/C14H18ClNO2/c1-10(17)11-5-4-8-16(9-11)14(18)12-6-2-3-7-13(12)15/h2-3,6-7,10-11,17H,4-5,8-9H2,1H3. The molecule has 0 aromatic heterocycles. The Morgan fingerprint density at radius 1 is 1.50 bits per heavy atom. The van der Waals surface area contributed by atoms with Gasteiger partial charge in [0.1, 0.15) is 0 Å². The summed E-state index contributed by atoms with van der Waals surface area (Å²) in [6, 6.07) is 7.10. The predicted molar refractivity (Wildman–Crippen MR) is 71.8 cm³/mol. The summed E-state index contributed by atoms with van der Waals surface area (Å²) in [5.41, 5.74) is 0.547. The fraction of sp³-hybridized carbons (Fsp3) is 0.500. The topological polar surface area (TPSA) is 40.5 Å². The third-order valence-corrected chi connectivity index (χ3v) is 3.86. The fourth-order valence-corrected chi connectivity index (χ4v) is 2.61. The number of halogens is 1. The van der Waals surface area contributed by atoms with Crippen LogP contribution < -0.4 is 0 Å². The largest absolute Gasteiger partial charge is 0.393 e. The van der Waals surface area contributed by atoms with Crippen LogP contribution in [-0.4, -0.2) is 35.1 Å². The molecule has 1 aromatic rings. The van der Waals surface area contributed by atoms with Crippen LogP contribution in [0, 0.1) is 5.92 Å². The maximum absolute atomic E-state index is 12.3. The smallest absolute Gasteiger partial charge is 0.255 e. The molecule has 1 heterocycles. The second-order valence-electron chi connectivity index (χ2n) is 4.87. The van der Waals surface area contributed by atoms with Crippen LogP contribution in [0.5, 0.6) is 0 Å². The first-order valence-electron chi connectivity index (χ1n) is 6.31. The molecule has 0 aliphatic carbocycles. The Hall–Kier alpha value is -1.06. The molecule has 1 amide bonds. The number of nitrogens with zero attached hydrogens (tertiary/aromatic N) is 1. The van der Waals surface area contributed by atoms with Gasteiger partial charge in [-0.25, -0.2) is 0 Å². The summed E-state index contributed by atoms with van der Waals surface area (Å²) in [6.07, 6.45) is 1.54. The summed E-state index contributed by atoms with van der Waals surface area (Å²) in [5.74, 6) is 0.135. The van der Waals surface area contributed by atoms with Crippen LogP contribution in [-0.2, 0) is 0 Å². The van der Waals surface area contributed by atoms with E-state index in [0.29, 0.717) is 17.1 Å². The summed E-state index contributed by atoms with van der Waals surface area (Å²) in [6.45, 7) is 3.14. The number of amides is 1. The molecular formula is C14H18ClNO2. The number of likely N-dealkylation sites (tertiary alicyclic amines) is 1. The molecular weight excluding hydrogens is 250 g/mol. The Bertz CT molecular complexity index is 434. The molecule has 1 N–H and O–H groups in total. The molecule has 2 unspecified atom stereocenters. The number of aliphatic hydroxyl groups excluding tert-OH is 1. The molecule has 1 aliphatic rings. The quantitative estimate of drug-likeness (QED) is 0.895. The van der Waals surface area contributed by atoms with E-state index in [1.807, 2.05) is 12.1 Å². The lowest BCUT2D eigenvalue weighted by Gasteiger charge is -2.34. The molecule has 0 saturated carbocycles. The highest BCUT2D eigenvalue weighted by atomic mass is 35.5. The Kier molecular flexibility index (Phi) is 4.25. The van der Waals surface area contributed by atoms with Crippen molar-refractivity contribution in [1.29, 1.82) is 0 Å². The maximum Gasteiger partial charge on any atom is 0.255 e. The van der Waals surface area contributed by atoms with Crippen LogP contribution in [0.2, 0.25) is 5.02 Å². The van der Waals surface area contributed by atoms with Crippen LogP contribution in [0.1, 0.15) is 30.1 Å². The van der Waals surface area contributed by atoms with Crippen LogP contribution in [0.3, 0.4) is 0 Å². The Labute approximate surface area is 112 Å². The summed E-state index contributed by atoms with van der Waals surface area (Å²) < 4.78 is 0. The van der Waals surface area contributed by atoms with E-state index in [9.17, 15) is 9.90 Å². The number of carbonyl (C=O) groups is 1. The molecule has 0 bridgehead atoms. The van der Waals surface area contributed by atoms with E-state index in [0.717, 1.165) is 19.4 Å². The maximum atomic E-state index is 12.3. The van der Waals surface area contributed by atoms with Crippen molar-refractivity contribution in [2.45, 2.75) is 25.9 Å². The zero-order valence-electron chi connectivity index (χ0n) is 10.5. The average molecular weight is 268 g/mol. The molecule has 18 heavy (non-hydrogen) atoms. The van der Waals surface area contributed by atoms with Gasteiger partial charge in [0, 0.05) is 19.0 Å². The zero-order chi connectivity index (χ0) is 13.1. The zero-order valence-corrected chi connectivity index (χ0v) is 11.2. The van der Waals surface area contributed by atoms with Crippen molar-refractivity contribution in [3.05, 3.63) is 34.9 Å². The minimum atomic E-state index is -0.369. The van der Waals surface area contributed by atoms with E-state index < -0.39 is 0 Å². The molecule has 2 rings (SSSR count). The van der Waals surface area contributed by atoms with Crippen molar-refractivity contribution in [2.75, 3.05) is 13.1 Å². The third kappa shape index (κ3) is 2.85. The Balaban J connectivity index is 2.12. The monoisotopic (exact) mass is 267 g/mol. The van der Waals surface area contributed by atoms with Crippen molar-refractivity contribution in [3.8, 4) is 0 Å². The minimum absolute atomic E-state index is 0.0362. The second kappa shape index (κ2) is 5.72. The number of hydrogen-bond donors (Lipinski definition) is 1. The first kappa shape index (κ1) is 13.4. The normalized spacial score (nSPS) is 21.7. The van der Waals surface area contributed by atoms with Gasteiger partial charge in [0.25, 0.3) is 5.91 Å². The highest BCUT2D eigenvalue weighted by Crippen LogP contribution is 2.23. The van der Waals surface area contributed by atoms with Crippen LogP contribution in [0.4, 0.5) is 0 Å². The Morgan fingerprint density at radius 2 is 2.22 bits per heavy atom. The lowest BCUT2D eigenvalue weighted by molar-refractivity contribution is 0.0466. The number of rotatable bonds is 2. The van der Waals surface area contributed by atoms with E-state index in [4.69, 9.17) is 11.6 Å². The SMILES string of the molecule is CC(O)C1CCCN(C(=O)c2ccccc2Cl)C1. The van der Waals surface area contributed by atoms with E-state index in [-0.39, 0.29) is 17.9 Å². The van der Waals surface area contributed by atoms with Crippen molar-refractivity contribution < 1.29 is 9.90 Å². The van der Waals surface area contributed by atoms with E-state index in [2.05, 4.69) is 0 Å². The highest BCUT2D eigenvalue weighted by molar-refractivity contribution is 6.33. The van der Waals surface area contributed by atoms with Gasteiger partial charge in [0.05, 0.1) is 16.7 Å². The third-order valence-electron chi connectivity index (χ3n) is 3.53. The van der Waals surface area contributed by atoms with Crippen LogP contribution in [0.25, 0.3) is 0 Å². The Morgan fingerprint density at radius 3 is 2.89 bits per heavy atom. The second-order valence-corrected chi connectivity index (χ2v) is 5.28. The van der Waals surface area contributed by atoms with Gasteiger partial charge in [0.2, 0.25) is 0 Å². The molecule has 98 valence electrons. The fourth-order valence-electron chi connectivity index (χ4n) is 2.39. The van der Waals surface area contributed by atoms with Gasteiger partial charge in [-0.05, 0) is 31.9 Å². The van der Waals surface area contributed by atoms with Gasteiger partial charge >= 0.3 is 0 Å². The molecule has 1 saturated heterocycles. The van der Waals surface area contributed by atoms with Gasteiger partial charge < -0.3 is 10.0 Å². The van der Waals surface area contributed by atoms with Gasteiger partial charge in [-0.15, -0.1) is 0 Å². The number of carbonyl (C=O) groups excluding carboxylic acids is 1. The molecule has 4 heteroatoms. The molecule has 2 atom stereocenters. The summed E-state index contributed by atoms with van der Waals surface area (Å²) in [7, 11) is 0. The summed E-state index contributed by atoms with van der Waals surface area (Å²) in [5, 5.41) is 10.1. The van der Waals surface area contributed by atoms with Gasteiger partial charge in [-0.1, -0.05) is 23.7 Å². The average Bonchev–Trinajstić information content (AvgIpc) is 2.38. The van der Waals surface area contributed by atoms with E-state index in [1.165, 1.54) is 0 Å². The molecule has 0 spiro atoms. The van der Waals surface area contributed by atoms with E-state index in [1.54, 1.807) is 24.0 Å². The summed E-state index contributed by atoms with van der Waals surface area (Å²) >= 11 is 6.04. The van der Waals surface area contributed by atoms with Gasteiger partial charge in [-0.3, -0.25) is 4.79 Å². The highest BCUT2D eigenvalue weighted by Gasteiger charge is 2.27. The van der Waals surface area contributed by atoms with Crippen LogP contribution >= 0.6 is 11.6 Å². The molecule has 0 radical (unpaired) electrons. The van der Waals surface area contributed by atoms with Crippen molar-refractivity contribution in [1.82, 2.24) is 4.90 Å². The molecule has 3 nitrogen and oxygen atoms in total. The first-order valence-corrected chi connectivity index (χ1v) is 6.69. The molecule has 1 aromatic carbocycles. The number of aliphatic hydroxyl groups is 1. The molecule has 1 aliphatic heterocycles. The minimum Gasteiger partial charge on any atom is -0.393 e. The lowest BCUT2D eigenvalue weighted by atomic mass is 9.93. The predicted octanol–water partition coefficient (Wildman–Crippen LogP) is 2.57. The number of piperidine rings is 1. The summed E-state index contributed by atoms with van der Waals surface area (Å²) in [4.78, 5) is 14.1. The van der Waals surface area contributed by atoms with Crippen molar-refractivity contribution in [2.24, 2.45) is 5.92 Å². The number of benzene rings is 1. The van der Waals surface area contributed by atoms with Gasteiger partial charge in [0.15, 0.2) is 0 Å². The van der Waals surface area contributed by atoms with E-state index >= 15 is 0 Å². The molecule has 1 fully saturated rings. The van der Waals surface area contributed by atoms with Crippen molar-refractivity contribution >= 4 is 17.5 Å².